The van der Waals surface area contributed by atoms with E-state index in [2.05, 4.69) is 11.4 Å². The Labute approximate surface area is 120 Å². The van der Waals surface area contributed by atoms with E-state index >= 15 is 0 Å². The maximum atomic E-state index is 12.1. The standard InChI is InChI=1S/C17H20N2O/c18-8-7-12-2-5-16(6-3-12)19-17(20)11-15-10-13-1-4-14(15)9-13/h2-3,5-6,13-15H,1,4,7,9-11H2,(H,19,20)/t13-,14-,15-/m0/s1. The number of rotatable bonds is 4. The molecule has 1 N–H and O–H groups in total. The first-order valence-electron chi connectivity index (χ1n) is 7.50. The fourth-order valence-electron chi connectivity index (χ4n) is 3.87. The summed E-state index contributed by atoms with van der Waals surface area (Å²) in [6.45, 7) is 0. The molecule has 0 aliphatic heterocycles. The van der Waals surface area contributed by atoms with Gasteiger partial charge in [-0.15, -0.1) is 0 Å². The zero-order valence-electron chi connectivity index (χ0n) is 11.6. The predicted octanol–water partition coefficient (Wildman–Crippen LogP) is 3.52. The average Bonchev–Trinajstić information content (AvgIpc) is 3.03. The van der Waals surface area contributed by atoms with Gasteiger partial charge in [0.15, 0.2) is 0 Å². The molecule has 0 aromatic heterocycles. The molecule has 20 heavy (non-hydrogen) atoms. The summed E-state index contributed by atoms with van der Waals surface area (Å²) in [5.41, 5.74) is 1.82. The monoisotopic (exact) mass is 268 g/mol. The highest BCUT2D eigenvalue weighted by Crippen LogP contribution is 2.49. The van der Waals surface area contributed by atoms with Crippen LogP contribution in [0.15, 0.2) is 24.3 Å². The zero-order valence-corrected chi connectivity index (χ0v) is 11.6. The normalized spacial score (nSPS) is 27.2. The number of amides is 1. The highest BCUT2D eigenvalue weighted by Gasteiger charge is 2.40. The molecule has 2 fully saturated rings. The van der Waals surface area contributed by atoms with Gasteiger partial charge in [-0.25, -0.2) is 0 Å². The van der Waals surface area contributed by atoms with Gasteiger partial charge in [0.1, 0.15) is 0 Å². The SMILES string of the molecule is N#CCc1ccc(NC(=O)C[C@@H]2C[C@H]3CC[C@H]2C3)cc1. The third-order valence-corrected chi connectivity index (χ3v) is 4.85. The van der Waals surface area contributed by atoms with E-state index in [9.17, 15) is 4.79 Å². The first-order valence-corrected chi connectivity index (χ1v) is 7.50. The number of hydrogen-bond donors (Lipinski definition) is 1. The Hall–Kier alpha value is -1.82. The second kappa shape index (κ2) is 5.66. The Balaban J connectivity index is 1.52. The number of anilines is 1. The van der Waals surface area contributed by atoms with Crippen molar-refractivity contribution in [3.8, 4) is 6.07 Å². The summed E-state index contributed by atoms with van der Waals surface area (Å²) in [6.07, 6.45) is 6.38. The van der Waals surface area contributed by atoms with Gasteiger partial charge in [0.25, 0.3) is 0 Å². The molecule has 1 aromatic carbocycles. The van der Waals surface area contributed by atoms with Crippen molar-refractivity contribution in [2.24, 2.45) is 17.8 Å². The Morgan fingerprint density at radius 3 is 2.65 bits per heavy atom. The summed E-state index contributed by atoms with van der Waals surface area (Å²) in [7, 11) is 0. The van der Waals surface area contributed by atoms with Crippen molar-refractivity contribution in [3.05, 3.63) is 29.8 Å². The fraction of sp³-hybridized carbons (Fsp3) is 0.529. The number of benzene rings is 1. The van der Waals surface area contributed by atoms with E-state index in [-0.39, 0.29) is 5.91 Å². The second-order valence-corrected chi connectivity index (χ2v) is 6.22. The van der Waals surface area contributed by atoms with Crippen LogP contribution in [0.4, 0.5) is 5.69 Å². The predicted molar refractivity (Wildman–Crippen MR) is 77.9 cm³/mol. The Morgan fingerprint density at radius 2 is 2.05 bits per heavy atom. The minimum Gasteiger partial charge on any atom is -0.326 e. The molecule has 0 radical (unpaired) electrons. The molecule has 2 aliphatic rings. The highest BCUT2D eigenvalue weighted by molar-refractivity contribution is 5.90. The van der Waals surface area contributed by atoms with Crippen molar-refractivity contribution in [2.75, 3.05) is 5.32 Å². The quantitative estimate of drug-likeness (QED) is 0.908. The number of carbonyl (C=O) groups excluding carboxylic acids is 1. The molecule has 104 valence electrons. The smallest absolute Gasteiger partial charge is 0.224 e. The lowest BCUT2D eigenvalue weighted by molar-refractivity contribution is -0.117. The van der Waals surface area contributed by atoms with Gasteiger partial charge in [-0.05, 0) is 54.7 Å². The lowest BCUT2D eigenvalue weighted by Gasteiger charge is -2.20. The van der Waals surface area contributed by atoms with E-state index < -0.39 is 0 Å². The van der Waals surface area contributed by atoms with Gasteiger partial charge in [0.05, 0.1) is 12.5 Å². The number of nitriles is 1. The molecule has 0 spiro atoms. The lowest BCUT2D eigenvalue weighted by atomic mass is 9.86. The lowest BCUT2D eigenvalue weighted by Crippen LogP contribution is -2.20. The molecule has 2 bridgehead atoms. The summed E-state index contributed by atoms with van der Waals surface area (Å²) in [5.74, 6) is 2.43. The van der Waals surface area contributed by atoms with Crippen LogP contribution in [0.1, 0.15) is 37.7 Å². The molecule has 3 heteroatoms. The third-order valence-electron chi connectivity index (χ3n) is 4.85. The van der Waals surface area contributed by atoms with E-state index in [1.165, 1.54) is 25.7 Å². The molecular weight excluding hydrogens is 248 g/mol. The topological polar surface area (TPSA) is 52.9 Å². The number of fused-ring (bicyclic) bond motifs is 2. The minimum atomic E-state index is 0.135. The van der Waals surface area contributed by atoms with Crippen molar-refractivity contribution >= 4 is 11.6 Å². The van der Waals surface area contributed by atoms with E-state index in [0.717, 1.165) is 23.1 Å². The molecular formula is C17H20N2O. The van der Waals surface area contributed by atoms with Crippen molar-refractivity contribution < 1.29 is 4.79 Å². The first-order chi connectivity index (χ1) is 9.74. The molecule has 2 aliphatic carbocycles. The van der Waals surface area contributed by atoms with Crippen molar-refractivity contribution in [1.29, 1.82) is 5.26 Å². The minimum absolute atomic E-state index is 0.135. The van der Waals surface area contributed by atoms with Crippen molar-refractivity contribution in [2.45, 2.75) is 38.5 Å². The van der Waals surface area contributed by atoms with Gasteiger partial charge in [-0.1, -0.05) is 18.6 Å². The first kappa shape index (κ1) is 13.2. The second-order valence-electron chi connectivity index (χ2n) is 6.22. The maximum Gasteiger partial charge on any atom is 0.224 e. The molecule has 3 nitrogen and oxygen atoms in total. The van der Waals surface area contributed by atoms with Crippen LogP contribution in [-0.4, -0.2) is 5.91 Å². The van der Waals surface area contributed by atoms with Crippen molar-refractivity contribution in [3.63, 3.8) is 0 Å². The van der Waals surface area contributed by atoms with E-state index in [1.807, 2.05) is 24.3 Å². The van der Waals surface area contributed by atoms with Gasteiger partial charge < -0.3 is 5.32 Å². The maximum absolute atomic E-state index is 12.1. The molecule has 0 saturated heterocycles. The van der Waals surface area contributed by atoms with Gasteiger partial charge in [-0.3, -0.25) is 4.79 Å². The van der Waals surface area contributed by atoms with E-state index in [1.54, 1.807) is 0 Å². The van der Waals surface area contributed by atoms with Gasteiger partial charge in [0.2, 0.25) is 5.91 Å². The summed E-state index contributed by atoms with van der Waals surface area (Å²) in [6, 6.07) is 9.68. The molecule has 0 unspecified atom stereocenters. The van der Waals surface area contributed by atoms with Crippen LogP contribution in [0.25, 0.3) is 0 Å². The molecule has 3 rings (SSSR count). The molecule has 3 atom stereocenters. The average molecular weight is 268 g/mol. The van der Waals surface area contributed by atoms with Gasteiger partial charge >= 0.3 is 0 Å². The molecule has 1 aromatic rings. The zero-order chi connectivity index (χ0) is 13.9. The Bertz CT molecular complexity index is 529. The summed E-state index contributed by atoms with van der Waals surface area (Å²) in [5, 5.41) is 11.6. The molecule has 1 amide bonds. The number of hydrogen-bond acceptors (Lipinski definition) is 2. The number of nitrogens with one attached hydrogen (secondary N) is 1. The van der Waals surface area contributed by atoms with Crippen molar-refractivity contribution in [1.82, 2.24) is 0 Å². The summed E-state index contributed by atoms with van der Waals surface area (Å²) in [4.78, 5) is 12.1. The van der Waals surface area contributed by atoms with Crippen LogP contribution in [0, 0.1) is 29.1 Å². The number of nitrogens with zero attached hydrogens (tertiary/aromatic N) is 1. The highest BCUT2D eigenvalue weighted by atomic mass is 16.1. The number of carbonyl (C=O) groups is 1. The van der Waals surface area contributed by atoms with E-state index in [4.69, 9.17) is 5.26 Å². The van der Waals surface area contributed by atoms with Crippen LogP contribution >= 0.6 is 0 Å². The molecule has 2 saturated carbocycles. The summed E-state index contributed by atoms with van der Waals surface area (Å²) < 4.78 is 0. The fourth-order valence-corrected chi connectivity index (χ4v) is 3.87. The molecule has 0 heterocycles. The van der Waals surface area contributed by atoms with Crippen LogP contribution in [-0.2, 0) is 11.2 Å². The van der Waals surface area contributed by atoms with E-state index in [0.29, 0.717) is 18.8 Å². The van der Waals surface area contributed by atoms with Crippen LogP contribution < -0.4 is 5.32 Å². The largest absolute Gasteiger partial charge is 0.326 e. The van der Waals surface area contributed by atoms with Gasteiger partial charge in [-0.2, -0.15) is 5.26 Å². The Morgan fingerprint density at radius 1 is 1.25 bits per heavy atom. The Kier molecular flexibility index (Phi) is 3.73. The third kappa shape index (κ3) is 2.85. The summed E-state index contributed by atoms with van der Waals surface area (Å²) >= 11 is 0. The van der Waals surface area contributed by atoms with Gasteiger partial charge in [0, 0.05) is 12.1 Å². The van der Waals surface area contributed by atoms with Crippen LogP contribution in [0.5, 0.6) is 0 Å². The van der Waals surface area contributed by atoms with Crippen LogP contribution in [0.2, 0.25) is 0 Å². The van der Waals surface area contributed by atoms with Crippen LogP contribution in [0.3, 0.4) is 0 Å².